The van der Waals surface area contributed by atoms with Gasteiger partial charge in [0.2, 0.25) is 11.8 Å². The lowest BCUT2D eigenvalue weighted by Gasteiger charge is -2.04. The van der Waals surface area contributed by atoms with Gasteiger partial charge in [-0.05, 0) is 13.3 Å². The van der Waals surface area contributed by atoms with E-state index in [1.54, 1.807) is 6.92 Å². The number of nitrogens with one attached hydrogen (secondary N) is 2. The molecule has 0 aliphatic rings. The van der Waals surface area contributed by atoms with Crippen LogP contribution in [0.2, 0.25) is 0 Å². The van der Waals surface area contributed by atoms with Crippen molar-refractivity contribution in [3.8, 4) is 0 Å². The maximum Gasteiger partial charge on any atom is 0.321 e. The number of imide groups is 1. The molecule has 0 aliphatic heterocycles. The minimum absolute atomic E-state index is 0.0160. The summed E-state index contributed by atoms with van der Waals surface area (Å²) in [5.74, 6) is -0.535. The molecule has 0 unspecified atom stereocenters. The summed E-state index contributed by atoms with van der Waals surface area (Å²) < 4.78 is 5.13. The molecule has 19 heavy (non-hydrogen) atoms. The van der Waals surface area contributed by atoms with Gasteiger partial charge in [0.1, 0.15) is 5.76 Å². The lowest BCUT2D eigenvalue weighted by molar-refractivity contribution is -0.137. The number of rotatable bonds is 6. The number of hydrogen-bond acceptors (Lipinski definition) is 5. The van der Waals surface area contributed by atoms with Crippen LogP contribution in [0.3, 0.4) is 0 Å². The summed E-state index contributed by atoms with van der Waals surface area (Å²) in [7, 11) is 0. The first-order chi connectivity index (χ1) is 8.97. The van der Waals surface area contributed by atoms with Crippen molar-refractivity contribution in [1.29, 1.82) is 0 Å². The minimum atomic E-state index is -0.975. The molecule has 0 saturated heterocycles. The third-order valence-corrected chi connectivity index (χ3v) is 2.12. The van der Waals surface area contributed by atoms with E-state index in [1.807, 2.05) is 0 Å². The Hall–Kier alpha value is -2.38. The second-order valence-corrected chi connectivity index (χ2v) is 3.84. The van der Waals surface area contributed by atoms with E-state index in [-0.39, 0.29) is 25.8 Å². The molecule has 0 spiro atoms. The number of carboxylic acids is 1. The van der Waals surface area contributed by atoms with Gasteiger partial charge in [0, 0.05) is 12.8 Å². The number of oxazole rings is 1. The minimum Gasteiger partial charge on any atom is -0.481 e. The van der Waals surface area contributed by atoms with Gasteiger partial charge >= 0.3 is 12.0 Å². The summed E-state index contributed by atoms with van der Waals surface area (Å²) in [6.07, 6.45) is 1.59. The molecule has 1 heterocycles. The molecule has 0 saturated carbocycles. The van der Waals surface area contributed by atoms with E-state index in [2.05, 4.69) is 15.6 Å². The first-order valence-corrected chi connectivity index (χ1v) is 5.68. The zero-order valence-corrected chi connectivity index (χ0v) is 10.4. The van der Waals surface area contributed by atoms with Gasteiger partial charge in [-0.3, -0.25) is 14.9 Å². The van der Waals surface area contributed by atoms with E-state index < -0.39 is 17.9 Å². The van der Waals surface area contributed by atoms with Crippen LogP contribution in [0.5, 0.6) is 0 Å². The number of carboxylic acid groups (broad SMARTS) is 1. The third kappa shape index (κ3) is 6.20. The number of aromatic nitrogens is 1. The lowest BCUT2D eigenvalue weighted by Crippen LogP contribution is -2.39. The molecule has 1 rings (SSSR count). The summed E-state index contributed by atoms with van der Waals surface area (Å²) >= 11 is 0. The molecule has 0 atom stereocenters. The Morgan fingerprint density at radius 3 is 2.68 bits per heavy atom. The second-order valence-electron chi connectivity index (χ2n) is 3.84. The van der Waals surface area contributed by atoms with Crippen LogP contribution in [0.1, 0.15) is 30.9 Å². The molecular formula is C11H15N3O5. The average Bonchev–Trinajstić information content (AvgIpc) is 2.72. The SMILES string of the molecule is Cc1cnc(CNC(=O)NC(=O)CCCC(=O)O)o1. The van der Waals surface area contributed by atoms with Gasteiger partial charge in [0.25, 0.3) is 0 Å². The van der Waals surface area contributed by atoms with Crippen molar-refractivity contribution in [2.75, 3.05) is 0 Å². The second kappa shape index (κ2) is 7.14. The fourth-order valence-corrected chi connectivity index (χ4v) is 1.27. The summed E-state index contributed by atoms with van der Waals surface area (Å²) in [6, 6.07) is -0.670. The van der Waals surface area contributed by atoms with Crippen LogP contribution in [0.4, 0.5) is 4.79 Å². The molecule has 1 aromatic heterocycles. The Kier molecular flexibility index (Phi) is 5.52. The molecular weight excluding hydrogens is 254 g/mol. The van der Waals surface area contributed by atoms with Gasteiger partial charge in [-0.2, -0.15) is 0 Å². The normalized spacial score (nSPS) is 9.95. The Morgan fingerprint density at radius 2 is 2.11 bits per heavy atom. The van der Waals surface area contributed by atoms with Crippen LogP contribution in [-0.4, -0.2) is 28.0 Å². The number of aliphatic carboxylic acids is 1. The van der Waals surface area contributed by atoms with Crippen molar-refractivity contribution in [2.24, 2.45) is 0 Å². The van der Waals surface area contributed by atoms with Crippen LogP contribution in [0, 0.1) is 6.92 Å². The van der Waals surface area contributed by atoms with Crippen LogP contribution in [0.25, 0.3) is 0 Å². The van der Waals surface area contributed by atoms with E-state index in [0.717, 1.165) is 0 Å². The Balaban J connectivity index is 2.19. The van der Waals surface area contributed by atoms with E-state index in [9.17, 15) is 14.4 Å². The number of carbonyl (C=O) groups excluding carboxylic acids is 2. The zero-order valence-electron chi connectivity index (χ0n) is 10.4. The van der Waals surface area contributed by atoms with Crippen molar-refractivity contribution >= 4 is 17.9 Å². The van der Waals surface area contributed by atoms with Gasteiger partial charge in [0.05, 0.1) is 12.7 Å². The lowest BCUT2D eigenvalue weighted by atomic mass is 10.2. The third-order valence-electron chi connectivity index (χ3n) is 2.12. The molecule has 0 aliphatic carbocycles. The highest BCUT2D eigenvalue weighted by Gasteiger charge is 2.09. The molecule has 0 aromatic carbocycles. The maximum absolute atomic E-state index is 11.3. The van der Waals surface area contributed by atoms with E-state index in [4.69, 9.17) is 9.52 Å². The molecule has 0 radical (unpaired) electrons. The highest BCUT2D eigenvalue weighted by molar-refractivity contribution is 5.94. The molecule has 8 heteroatoms. The quantitative estimate of drug-likeness (QED) is 0.693. The first kappa shape index (κ1) is 14.7. The fraction of sp³-hybridized carbons (Fsp3) is 0.455. The molecule has 0 fully saturated rings. The number of carbonyl (C=O) groups is 3. The van der Waals surface area contributed by atoms with Crippen molar-refractivity contribution in [1.82, 2.24) is 15.6 Å². The van der Waals surface area contributed by atoms with Gasteiger partial charge in [-0.1, -0.05) is 0 Å². The molecule has 3 N–H and O–H groups in total. The summed E-state index contributed by atoms with van der Waals surface area (Å²) in [6.45, 7) is 1.80. The fourth-order valence-electron chi connectivity index (χ4n) is 1.27. The van der Waals surface area contributed by atoms with E-state index in [0.29, 0.717) is 11.7 Å². The Bertz CT molecular complexity index is 469. The number of nitrogens with zero attached hydrogens (tertiary/aromatic N) is 1. The average molecular weight is 269 g/mol. The predicted octanol–water partition coefficient (Wildman–Crippen LogP) is 0.564. The number of amides is 3. The summed E-state index contributed by atoms with van der Waals surface area (Å²) in [5.41, 5.74) is 0. The molecule has 104 valence electrons. The number of aryl methyl sites for hydroxylation is 1. The highest BCUT2D eigenvalue weighted by atomic mass is 16.4. The number of urea groups is 1. The molecule has 0 bridgehead atoms. The van der Waals surface area contributed by atoms with Crippen LogP contribution >= 0.6 is 0 Å². The topological polar surface area (TPSA) is 122 Å². The summed E-state index contributed by atoms with van der Waals surface area (Å²) in [4.78, 5) is 36.7. The van der Waals surface area contributed by atoms with Gasteiger partial charge in [0.15, 0.2) is 0 Å². The zero-order chi connectivity index (χ0) is 14.3. The maximum atomic E-state index is 11.3. The van der Waals surface area contributed by atoms with Crippen molar-refractivity contribution in [2.45, 2.75) is 32.7 Å². The smallest absolute Gasteiger partial charge is 0.321 e. The highest BCUT2D eigenvalue weighted by Crippen LogP contribution is 2.00. The van der Waals surface area contributed by atoms with Gasteiger partial charge in [-0.25, -0.2) is 9.78 Å². The Labute approximate surface area is 109 Å². The molecule has 3 amide bonds. The Morgan fingerprint density at radius 1 is 1.37 bits per heavy atom. The van der Waals surface area contributed by atoms with E-state index >= 15 is 0 Å². The predicted molar refractivity (Wildman–Crippen MR) is 63.1 cm³/mol. The number of hydrogen-bond donors (Lipinski definition) is 3. The molecule has 8 nitrogen and oxygen atoms in total. The van der Waals surface area contributed by atoms with Crippen molar-refractivity contribution < 1.29 is 23.9 Å². The standard InChI is InChI=1S/C11H15N3O5/c1-7-5-12-9(19-7)6-13-11(18)14-8(15)3-2-4-10(16)17/h5H,2-4,6H2,1H3,(H,16,17)(H2,13,14,15,18). The van der Waals surface area contributed by atoms with Crippen molar-refractivity contribution in [3.63, 3.8) is 0 Å². The summed E-state index contributed by atoms with van der Waals surface area (Å²) in [5, 5.41) is 12.9. The van der Waals surface area contributed by atoms with Crippen LogP contribution in [0.15, 0.2) is 10.6 Å². The largest absolute Gasteiger partial charge is 0.481 e. The van der Waals surface area contributed by atoms with Gasteiger partial charge < -0.3 is 14.8 Å². The van der Waals surface area contributed by atoms with E-state index in [1.165, 1.54) is 6.20 Å². The first-order valence-electron chi connectivity index (χ1n) is 5.68. The molecule has 1 aromatic rings. The van der Waals surface area contributed by atoms with Crippen LogP contribution in [-0.2, 0) is 16.1 Å². The van der Waals surface area contributed by atoms with Crippen molar-refractivity contribution in [3.05, 3.63) is 17.8 Å². The van der Waals surface area contributed by atoms with Gasteiger partial charge in [-0.15, -0.1) is 0 Å². The van der Waals surface area contributed by atoms with Crippen LogP contribution < -0.4 is 10.6 Å². The monoisotopic (exact) mass is 269 g/mol.